The quantitative estimate of drug-likeness (QED) is 0.499. The number of carbonyl (C=O) groups excluding carboxylic acids is 1. The van der Waals surface area contributed by atoms with E-state index in [4.69, 9.17) is 0 Å². The molecule has 0 bridgehead atoms. The van der Waals surface area contributed by atoms with E-state index in [1.54, 1.807) is 12.1 Å². The number of amides is 1. The van der Waals surface area contributed by atoms with Crippen molar-refractivity contribution in [3.05, 3.63) is 128 Å². The lowest BCUT2D eigenvalue weighted by Gasteiger charge is -2.13. The van der Waals surface area contributed by atoms with E-state index in [1.807, 2.05) is 80.6 Å². The normalized spacial score (nSPS) is 10.7. The Hall–Kier alpha value is -4.26. The highest BCUT2D eigenvalue weighted by molar-refractivity contribution is 5.91. The maximum Gasteiger partial charge on any atom is 0.352 e. The Labute approximate surface area is 191 Å². The number of nitrogens with one attached hydrogen (secondary N) is 1. The van der Waals surface area contributed by atoms with Crippen molar-refractivity contribution in [2.75, 3.05) is 0 Å². The van der Waals surface area contributed by atoms with Crippen LogP contribution >= 0.6 is 0 Å². The molecule has 7 nitrogen and oxygen atoms in total. The second-order valence-electron chi connectivity index (χ2n) is 7.93. The monoisotopic (exact) mass is 440 g/mol. The van der Waals surface area contributed by atoms with Gasteiger partial charge in [0, 0.05) is 6.54 Å². The Morgan fingerprint density at radius 3 is 2.24 bits per heavy atom. The molecular weight excluding hydrogens is 416 g/mol. The topological polar surface area (TPSA) is 86.0 Å². The molecule has 0 spiro atoms. The summed E-state index contributed by atoms with van der Waals surface area (Å²) in [6.45, 7) is 4.14. The summed E-state index contributed by atoms with van der Waals surface area (Å²) in [7, 11) is 0. The molecule has 0 aliphatic heterocycles. The Kier molecular flexibility index (Phi) is 6.31. The zero-order valence-corrected chi connectivity index (χ0v) is 18.5. The van der Waals surface area contributed by atoms with Crippen molar-refractivity contribution in [3.8, 4) is 5.69 Å². The molecule has 1 heterocycles. The summed E-state index contributed by atoms with van der Waals surface area (Å²) < 4.78 is 2.16. The number of benzene rings is 3. The summed E-state index contributed by atoms with van der Waals surface area (Å²) in [6.07, 6.45) is 0. The molecule has 0 aliphatic carbocycles. The van der Waals surface area contributed by atoms with Crippen molar-refractivity contribution in [3.63, 3.8) is 0 Å². The van der Waals surface area contributed by atoms with Crippen LogP contribution in [0.3, 0.4) is 0 Å². The summed E-state index contributed by atoms with van der Waals surface area (Å²) in [5.74, 6) is -0.636. The Morgan fingerprint density at radius 1 is 0.848 bits per heavy atom. The van der Waals surface area contributed by atoms with E-state index < -0.39 is 17.2 Å². The average molecular weight is 441 g/mol. The molecule has 0 atom stereocenters. The van der Waals surface area contributed by atoms with E-state index in [2.05, 4.69) is 10.4 Å². The lowest BCUT2D eigenvalue weighted by atomic mass is 10.1. The summed E-state index contributed by atoms with van der Waals surface area (Å²) >= 11 is 0. The van der Waals surface area contributed by atoms with Gasteiger partial charge in [-0.3, -0.25) is 14.2 Å². The molecule has 0 saturated heterocycles. The predicted molar refractivity (Wildman–Crippen MR) is 127 cm³/mol. The smallest absolute Gasteiger partial charge is 0.346 e. The highest BCUT2D eigenvalue weighted by Gasteiger charge is 2.20. The van der Waals surface area contributed by atoms with Gasteiger partial charge in [-0.2, -0.15) is 9.78 Å². The number of rotatable bonds is 6. The first kappa shape index (κ1) is 22.0. The molecular formula is C26H24N4O3. The van der Waals surface area contributed by atoms with Crippen molar-refractivity contribution in [2.24, 2.45) is 0 Å². The Bertz CT molecular complexity index is 1400. The summed E-state index contributed by atoms with van der Waals surface area (Å²) in [5.41, 5.74) is 2.50. The van der Waals surface area contributed by atoms with Crippen molar-refractivity contribution < 1.29 is 4.79 Å². The molecule has 0 unspecified atom stereocenters. The van der Waals surface area contributed by atoms with Crippen LogP contribution in [0, 0.1) is 13.8 Å². The van der Waals surface area contributed by atoms with Crippen molar-refractivity contribution in [1.82, 2.24) is 19.7 Å². The Balaban J connectivity index is 1.78. The van der Waals surface area contributed by atoms with Crippen molar-refractivity contribution in [1.29, 1.82) is 0 Å². The number of hydrogen-bond acceptors (Lipinski definition) is 4. The molecule has 33 heavy (non-hydrogen) atoms. The van der Waals surface area contributed by atoms with E-state index >= 15 is 0 Å². The van der Waals surface area contributed by atoms with E-state index in [1.165, 1.54) is 0 Å². The molecule has 1 aromatic heterocycles. The van der Waals surface area contributed by atoms with Crippen molar-refractivity contribution in [2.45, 2.75) is 26.9 Å². The van der Waals surface area contributed by atoms with E-state index in [-0.39, 0.29) is 18.8 Å². The van der Waals surface area contributed by atoms with Gasteiger partial charge in [0.15, 0.2) is 0 Å². The molecule has 4 aromatic rings. The SMILES string of the molecule is Cc1ccc(-n2nc(C(=O)NCc3ccccc3)c(=O)n(Cc3cccc(C)c3)c2=O)cc1. The van der Waals surface area contributed by atoms with Crippen LogP contribution in [-0.4, -0.2) is 20.3 Å². The zero-order valence-electron chi connectivity index (χ0n) is 18.5. The largest absolute Gasteiger partial charge is 0.352 e. The van der Waals surface area contributed by atoms with Gasteiger partial charge in [0.1, 0.15) is 0 Å². The van der Waals surface area contributed by atoms with Crippen LogP contribution in [-0.2, 0) is 13.1 Å². The maximum absolute atomic E-state index is 13.3. The lowest BCUT2D eigenvalue weighted by molar-refractivity contribution is 0.0941. The van der Waals surface area contributed by atoms with Gasteiger partial charge in [0.2, 0.25) is 5.69 Å². The number of hydrogen-bond donors (Lipinski definition) is 1. The van der Waals surface area contributed by atoms with Crippen LogP contribution in [0.4, 0.5) is 0 Å². The molecule has 3 aromatic carbocycles. The fourth-order valence-electron chi connectivity index (χ4n) is 3.51. The highest BCUT2D eigenvalue weighted by Crippen LogP contribution is 2.08. The molecule has 0 saturated carbocycles. The molecule has 0 fully saturated rings. The van der Waals surface area contributed by atoms with Gasteiger partial charge >= 0.3 is 5.69 Å². The predicted octanol–water partition coefficient (Wildman–Crippen LogP) is 2.99. The highest BCUT2D eigenvalue weighted by atomic mass is 16.2. The minimum Gasteiger partial charge on any atom is -0.346 e. The van der Waals surface area contributed by atoms with Gasteiger partial charge in [0.05, 0.1) is 12.2 Å². The average Bonchev–Trinajstić information content (AvgIpc) is 2.82. The van der Waals surface area contributed by atoms with E-state index in [9.17, 15) is 14.4 Å². The van der Waals surface area contributed by atoms with Crippen molar-refractivity contribution >= 4 is 5.91 Å². The summed E-state index contributed by atoms with van der Waals surface area (Å²) in [6, 6.07) is 24.1. The number of aryl methyl sites for hydroxylation is 2. The van der Waals surface area contributed by atoms with Crippen LogP contribution in [0.2, 0.25) is 0 Å². The fourth-order valence-corrected chi connectivity index (χ4v) is 3.51. The van der Waals surface area contributed by atoms with E-state index in [0.29, 0.717) is 5.69 Å². The molecule has 166 valence electrons. The summed E-state index contributed by atoms with van der Waals surface area (Å²) in [5, 5.41) is 6.90. The second kappa shape index (κ2) is 9.48. The fraction of sp³-hybridized carbons (Fsp3) is 0.154. The molecule has 0 radical (unpaired) electrons. The number of aromatic nitrogens is 3. The van der Waals surface area contributed by atoms with Crippen LogP contribution in [0.25, 0.3) is 5.69 Å². The molecule has 1 amide bonds. The minimum absolute atomic E-state index is 0.0344. The maximum atomic E-state index is 13.3. The third kappa shape index (κ3) is 4.98. The van der Waals surface area contributed by atoms with Crippen LogP contribution < -0.4 is 16.6 Å². The van der Waals surface area contributed by atoms with E-state index in [0.717, 1.165) is 31.5 Å². The van der Waals surface area contributed by atoms with Crippen LogP contribution in [0.15, 0.2) is 88.5 Å². The minimum atomic E-state index is -0.726. The molecule has 0 aliphatic rings. The van der Waals surface area contributed by atoms with Crippen LogP contribution in [0.1, 0.15) is 32.7 Å². The van der Waals surface area contributed by atoms with Gasteiger partial charge in [0.25, 0.3) is 11.5 Å². The first-order chi connectivity index (χ1) is 15.9. The van der Waals surface area contributed by atoms with Gasteiger partial charge in [-0.1, -0.05) is 77.9 Å². The molecule has 1 N–H and O–H groups in total. The van der Waals surface area contributed by atoms with Crippen LogP contribution in [0.5, 0.6) is 0 Å². The van der Waals surface area contributed by atoms with Gasteiger partial charge < -0.3 is 5.32 Å². The summed E-state index contributed by atoms with van der Waals surface area (Å²) in [4.78, 5) is 39.4. The number of carbonyl (C=O) groups is 1. The zero-order chi connectivity index (χ0) is 23.4. The van der Waals surface area contributed by atoms with Gasteiger partial charge in [-0.25, -0.2) is 4.79 Å². The third-order valence-corrected chi connectivity index (χ3v) is 5.27. The lowest BCUT2D eigenvalue weighted by Crippen LogP contribution is -2.46. The third-order valence-electron chi connectivity index (χ3n) is 5.27. The number of nitrogens with zero attached hydrogens (tertiary/aromatic N) is 3. The standard InChI is InChI=1S/C26H24N4O3/c1-18-11-13-22(14-12-18)30-26(33)29(17-21-10-6-7-19(2)15-21)25(32)23(28-30)24(31)27-16-20-8-4-3-5-9-20/h3-15H,16-17H2,1-2H3,(H,27,31). The molecule has 7 heteroatoms. The van der Waals surface area contributed by atoms with Gasteiger partial charge in [-0.05, 0) is 37.1 Å². The van der Waals surface area contributed by atoms with Gasteiger partial charge in [-0.15, -0.1) is 0 Å². The second-order valence-corrected chi connectivity index (χ2v) is 7.93. The first-order valence-electron chi connectivity index (χ1n) is 10.6. The first-order valence-corrected chi connectivity index (χ1v) is 10.6. The molecule has 4 rings (SSSR count). The Morgan fingerprint density at radius 2 is 1.55 bits per heavy atom.